The molecule has 6 N–H and O–H groups in total. The molecule has 0 radical (unpaired) electrons. The molecule has 1 aromatic carbocycles. The molecule has 4 nitrogen and oxygen atoms in total. The molecule has 0 spiro atoms. The number of benzene rings is 1. The van der Waals surface area contributed by atoms with Gasteiger partial charge in [0.1, 0.15) is 11.6 Å². The van der Waals surface area contributed by atoms with Crippen molar-refractivity contribution >= 4 is 17.2 Å². The first-order valence-corrected chi connectivity index (χ1v) is 8.07. The second-order valence-electron chi connectivity index (χ2n) is 6.14. The van der Waals surface area contributed by atoms with Gasteiger partial charge in [0.2, 0.25) is 0 Å². The van der Waals surface area contributed by atoms with Gasteiger partial charge in [0.15, 0.2) is 0 Å². The van der Waals surface area contributed by atoms with Gasteiger partial charge < -0.3 is 21.4 Å². The minimum absolute atomic E-state index is 0.406. The maximum Gasteiger partial charge on any atom is 0.101 e. The van der Waals surface area contributed by atoms with Crippen molar-refractivity contribution in [2.45, 2.75) is 12.3 Å². The molecule has 0 amide bonds. The Morgan fingerprint density at radius 3 is 2.00 bits per heavy atom. The monoisotopic (exact) mass is 316 g/mol. The van der Waals surface area contributed by atoms with E-state index in [0.29, 0.717) is 17.6 Å². The first-order valence-electron chi connectivity index (χ1n) is 8.07. The fourth-order valence-electron chi connectivity index (χ4n) is 3.14. The standard InChI is InChI=1S/C20H20N4/c21-19-11-9-17(23-19)15-5-1-13(2-6-15)14-3-7-16(8-4-14)18-10-12-20(22)24-18/h1-3,5-12,14,23-24H,4,21-22H2. The lowest BCUT2D eigenvalue weighted by Crippen LogP contribution is -1.99. The van der Waals surface area contributed by atoms with Crippen LogP contribution < -0.4 is 11.5 Å². The Balaban J connectivity index is 1.50. The minimum Gasteiger partial charge on any atom is -0.385 e. The van der Waals surface area contributed by atoms with Crippen molar-refractivity contribution in [3.8, 4) is 11.3 Å². The third-order valence-electron chi connectivity index (χ3n) is 4.48. The Hall–Kier alpha value is -3.14. The summed E-state index contributed by atoms with van der Waals surface area (Å²) in [5.74, 6) is 1.79. The average molecular weight is 316 g/mol. The van der Waals surface area contributed by atoms with Gasteiger partial charge in [-0.05, 0) is 47.4 Å². The van der Waals surface area contributed by atoms with E-state index < -0.39 is 0 Å². The Morgan fingerprint density at radius 1 is 0.792 bits per heavy atom. The second kappa shape index (κ2) is 5.81. The van der Waals surface area contributed by atoms with Crippen LogP contribution >= 0.6 is 0 Å². The Labute approximate surface area is 140 Å². The normalized spacial score (nSPS) is 17.0. The maximum atomic E-state index is 5.75. The molecule has 24 heavy (non-hydrogen) atoms. The van der Waals surface area contributed by atoms with Crippen LogP contribution in [-0.4, -0.2) is 9.97 Å². The zero-order chi connectivity index (χ0) is 16.5. The van der Waals surface area contributed by atoms with Gasteiger partial charge in [-0.25, -0.2) is 0 Å². The van der Waals surface area contributed by atoms with Crippen LogP contribution in [0.5, 0.6) is 0 Å². The van der Waals surface area contributed by atoms with Gasteiger partial charge in [0, 0.05) is 17.3 Å². The summed E-state index contributed by atoms with van der Waals surface area (Å²) in [5.41, 5.74) is 17.3. The molecule has 0 saturated carbocycles. The quantitative estimate of drug-likeness (QED) is 0.581. The third kappa shape index (κ3) is 2.74. The molecule has 2 heterocycles. The molecule has 1 unspecified atom stereocenters. The van der Waals surface area contributed by atoms with Gasteiger partial charge in [-0.1, -0.05) is 42.5 Å². The van der Waals surface area contributed by atoms with Gasteiger partial charge in [-0.15, -0.1) is 0 Å². The molecule has 120 valence electrons. The van der Waals surface area contributed by atoms with Gasteiger partial charge in [-0.2, -0.15) is 0 Å². The molecule has 1 aliphatic rings. The zero-order valence-electron chi connectivity index (χ0n) is 13.3. The SMILES string of the molecule is Nc1ccc(C2=CCC(c3ccc(-c4ccc(N)[nH]4)cc3)C=C2)[nH]1. The molecule has 0 aliphatic heterocycles. The molecule has 4 rings (SSSR count). The van der Waals surface area contributed by atoms with Crippen molar-refractivity contribution in [2.24, 2.45) is 0 Å². The van der Waals surface area contributed by atoms with Crippen molar-refractivity contribution in [3.05, 3.63) is 78.0 Å². The molecular weight excluding hydrogens is 296 g/mol. The van der Waals surface area contributed by atoms with Crippen LogP contribution in [0.2, 0.25) is 0 Å². The summed E-state index contributed by atoms with van der Waals surface area (Å²) in [4.78, 5) is 6.33. The van der Waals surface area contributed by atoms with Crippen LogP contribution in [0.15, 0.2) is 66.8 Å². The summed E-state index contributed by atoms with van der Waals surface area (Å²) in [6.07, 6.45) is 7.67. The number of nitrogen functional groups attached to an aromatic ring is 2. The first kappa shape index (κ1) is 14.5. The third-order valence-corrected chi connectivity index (χ3v) is 4.48. The number of aromatic amines is 2. The second-order valence-corrected chi connectivity index (χ2v) is 6.14. The maximum absolute atomic E-state index is 5.75. The van der Waals surface area contributed by atoms with Crippen molar-refractivity contribution in [3.63, 3.8) is 0 Å². The van der Waals surface area contributed by atoms with Crippen LogP contribution in [0, 0.1) is 0 Å². The predicted molar refractivity (Wildman–Crippen MR) is 100 cm³/mol. The molecule has 0 bridgehead atoms. The fraction of sp³-hybridized carbons (Fsp3) is 0.100. The molecule has 2 aromatic heterocycles. The number of nitrogens with one attached hydrogen (secondary N) is 2. The van der Waals surface area contributed by atoms with E-state index in [1.165, 1.54) is 11.1 Å². The topological polar surface area (TPSA) is 83.6 Å². The smallest absolute Gasteiger partial charge is 0.101 e. The number of hydrogen-bond acceptors (Lipinski definition) is 2. The van der Waals surface area contributed by atoms with Crippen molar-refractivity contribution in [1.29, 1.82) is 0 Å². The Morgan fingerprint density at radius 2 is 1.46 bits per heavy atom. The predicted octanol–water partition coefficient (Wildman–Crippen LogP) is 4.30. The lowest BCUT2D eigenvalue weighted by atomic mass is 9.89. The van der Waals surface area contributed by atoms with Crippen molar-refractivity contribution in [1.82, 2.24) is 9.97 Å². The van der Waals surface area contributed by atoms with Crippen LogP contribution in [0.1, 0.15) is 23.6 Å². The van der Waals surface area contributed by atoms with Crippen molar-refractivity contribution in [2.75, 3.05) is 11.5 Å². The highest BCUT2D eigenvalue weighted by molar-refractivity contribution is 5.74. The van der Waals surface area contributed by atoms with Crippen LogP contribution in [0.25, 0.3) is 16.8 Å². The van der Waals surface area contributed by atoms with Crippen molar-refractivity contribution < 1.29 is 0 Å². The van der Waals surface area contributed by atoms with E-state index >= 15 is 0 Å². The summed E-state index contributed by atoms with van der Waals surface area (Å²) in [6.45, 7) is 0. The number of anilines is 2. The Kier molecular flexibility index (Phi) is 3.50. The number of aromatic nitrogens is 2. The lowest BCUT2D eigenvalue weighted by molar-refractivity contribution is 0.856. The fourth-order valence-corrected chi connectivity index (χ4v) is 3.14. The van der Waals surface area contributed by atoms with E-state index in [4.69, 9.17) is 11.5 Å². The van der Waals surface area contributed by atoms with E-state index in [1.807, 2.05) is 24.3 Å². The summed E-state index contributed by atoms with van der Waals surface area (Å²) in [6, 6.07) is 16.4. The number of H-pyrrole nitrogens is 2. The molecule has 0 saturated heterocycles. The molecule has 1 aliphatic carbocycles. The van der Waals surface area contributed by atoms with E-state index in [0.717, 1.165) is 23.4 Å². The van der Waals surface area contributed by atoms with E-state index in [2.05, 4.69) is 52.5 Å². The van der Waals surface area contributed by atoms with Gasteiger partial charge >= 0.3 is 0 Å². The number of nitrogens with two attached hydrogens (primary N) is 2. The summed E-state index contributed by atoms with van der Waals surface area (Å²) in [5, 5.41) is 0. The van der Waals surface area contributed by atoms with E-state index in [9.17, 15) is 0 Å². The highest BCUT2D eigenvalue weighted by Crippen LogP contribution is 2.31. The van der Waals surface area contributed by atoms with Gasteiger partial charge in [-0.3, -0.25) is 0 Å². The summed E-state index contributed by atoms with van der Waals surface area (Å²) in [7, 11) is 0. The Bertz CT molecular complexity index is 909. The molecule has 0 fully saturated rings. The lowest BCUT2D eigenvalue weighted by Gasteiger charge is -2.16. The largest absolute Gasteiger partial charge is 0.385 e. The van der Waals surface area contributed by atoms with Gasteiger partial charge in [0.25, 0.3) is 0 Å². The number of rotatable bonds is 3. The highest BCUT2D eigenvalue weighted by atomic mass is 14.8. The highest BCUT2D eigenvalue weighted by Gasteiger charge is 2.13. The summed E-state index contributed by atoms with van der Waals surface area (Å²) < 4.78 is 0. The van der Waals surface area contributed by atoms with Crippen LogP contribution in [0.3, 0.4) is 0 Å². The molecule has 3 aromatic rings. The first-order chi connectivity index (χ1) is 11.7. The van der Waals surface area contributed by atoms with E-state index in [1.54, 1.807) is 0 Å². The molecule has 4 heteroatoms. The van der Waals surface area contributed by atoms with E-state index in [-0.39, 0.29) is 0 Å². The average Bonchev–Trinajstić information content (AvgIpc) is 3.24. The van der Waals surface area contributed by atoms with Gasteiger partial charge in [0.05, 0.1) is 0 Å². The summed E-state index contributed by atoms with van der Waals surface area (Å²) >= 11 is 0. The number of allylic oxidation sites excluding steroid dienone is 4. The number of hydrogen-bond donors (Lipinski definition) is 4. The molecular formula is C20H20N4. The minimum atomic E-state index is 0.406. The van der Waals surface area contributed by atoms with Crippen LogP contribution in [0.4, 0.5) is 11.6 Å². The molecule has 1 atom stereocenters. The van der Waals surface area contributed by atoms with Crippen LogP contribution in [-0.2, 0) is 0 Å². The zero-order valence-corrected chi connectivity index (χ0v) is 13.3.